The van der Waals surface area contributed by atoms with Crippen molar-refractivity contribution in [2.75, 3.05) is 38.2 Å². The maximum Gasteiger partial charge on any atom is 0.161 e. The topological polar surface area (TPSA) is 45.7 Å². The number of Topliss-reactive ketones (excluding diaryl/α,β-unsaturated/α-hetero) is 1. The molecule has 1 aliphatic rings. The van der Waals surface area contributed by atoms with Gasteiger partial charge in [0.25, 0.3) is 0 Å². The number of carbonyl (C=O) groups excluding carboxylic acids is 1. The zero-order chi connectivity index (χ0) is 17.8. The van der Waals surface area contributed by atoms with E-state index in [1.54, 1.807) is 20.2 Å². The Morgan fingerprint density at radius 1 is 1.16 bits per heavy atom. The third kappa shape index (κ3) is 3.99. The molecule has 5 nitrogen and oxygen atoms in total. The lowest BCUT2D eigenvalue weighted by atomic mass is 10.1. The molecule has 3 rings (SSSR count). The van der Waals surface area contributed by atoms with Crippen LogP contribution in [0.2, 0.25) is 0 Å². The van der Waals surface area contributed by atoms with E-state index in [4.69, 9.17) is 4.74 Å². The van der Waals surface area contributed by atoms with Crippen molar-refractivity contribution >= 4 is 11.6 Å². The van der Waals surface area contributed by atoms with Crippen molar-refractivity contribution in [3.05, 3.63) is 53.7 Å². The third-order valence-corrected chi connectivity index (χ3v) is 4.92. The van der Waals surface area contributed by atoms with Crippen molar-refractivity contribution in [3.63, 3.8) is 0 Å². The predicted molar refractivity (Wildman–Crippen MR) is 99.4 cm³/mol. The van der Waals surface area contributed by atoms with Gasteiger partial charge >= 0.3 is 0 Å². The zero-order valence-corrected chi connectivity index (χ0v) is 15.1. The first-order valence-electron chi connectivity index (χ1n) is 8.68. The number of rotatable bonds is 5. The van der Waals surface area contributed by atoms with E-state index in [1.807, 2.05) is 24.3 Å². The molecule has 1 fully saturated rings. The van der Waals surface area contributed by atoms with Crippen LogP contribution >= 0.6 is 0 Å². The second kappa shape index (κ2) is 7.66. The second-order valence-corrected chi connectivity index (χ2v) is 6.44. The minimum Gasteiger partial charge on any atom is -0.497 e. The molecule has 2 heterocycles. The van der Waals surface area contributed by atoms with Crippen LogP contribution in [0, 0.1) is 0 Å². The molecule has 132 valence electrons. The predicted octanol–water partition coefficient (Wildman–Crippen LogP) is 3.18. The standard InChI is InChI=1S/C20H25N3O2/c1-15(17-5-4-6-19(13-17)25-3)22-9-11-23(12-10-22)20-8-7-18(14-21-20)16(2)24/h4-8,13-15H,9-12H2,1-3H3/t15-/m1/s1. The molecule has 0 aliphatic carbocycles. The van der Waals surface area contributed by atoms with Crippen LogP contribution in [0.4, 0.5) is 5.82 Å². The summed E-state index contributed by atoms with van der Waals surface area (Å²) in [5.41, 5.74) is 1.94. The number of methoxy groups -OCH3 is 1. The summed E-state index contributed by atoms with van der Waals surface area (Å²) in [6, 6.07) is 12.4. The summed E-state index contributed by atoms with van der Waals surface area (Å²) in [5, 5.41) is 0. The Bertz CT molecular complexity index is 722. The van der Waals surface area contributed by atoms with Crippen molar-refractivity contribution in [1.29, 1.82) is 0 Å². The number of ketones is 1. The molecule has 1 aliphatic heterocycles. The summed E-state index contributed by atoms with van der Waals surface area (Å²) in [4.78, 5) is 20.6. The lowest BCUT2D eigenvalue weighted by molar-refractivity contribution is 0.101. The van der Waals surface area contributed by atoms with Gasteiger partial charge in [0.1, 0.15) is 11.6 Å². The lowest BCUT2D eigenvalue weighted by Crippen LogP contribution is -2.47. The third-order valence-electron chi connectivity index (χ3n) is 4.92. The van der Waals surface area contributed by atoms with E-state index >= 15 is 0 Å². The minimum atomic E-state index is 0.0518. The van der Waals surface area contributed by atoms with Gasteiger partial charge in [-0.15, -0.1) is 0 Å². The highest BCUT2D eigenvalue weighted by Gasteiger charge is 2.23. The van der Waals surface area contributed by atoms with Gasteiger partial charge in [-0.05, 0) is 43.7 Å². The SMILES string of the molecule is COc1cccc([C@@H](C)N2CCN(c3ccc(C(C)=O)cn3)CC2)c1. The molecule has 5 heteroatoms. The smallest absolute Gasteiger partial charge is 0.161 e. The Kier molecular flexibility index (Phi) is 5.34. The Morgan fingerprint density at radius 2 is 1.92 bits per heavy atom. The number of pyridine rings is 1. The van der Waals surface area contributed by atoms with Crippen LogP contribution in [0.15, 0.2) is 42.6 Å². The van der Waals surface area contributed by atoms with Crippen molar-refractivity contribution in [2.24, 2.45) is 0 Å². The molecular formula is C20H25N3O2. The molecule has 0 unspecified atom stereocenters. The first kappa shape index (κ1) is 17.4. The van der Waals surface area contributed by atoms with Crippen molar-refractivity contribution in [3.8, 4) is 5.75 Å². The number of hydrogen-bond donors (Lipinski definition) is 0. The second-order valence-electron chi connectivity index (χ2n) is 6.44. The van der Waals surface area contributed by atoms with Crippen LogP contribution in [0.25, 0.3) is 0 Å². The van der Waals surface area contributed by atoms with Crippen LogP contribution in [0.1, 0.15) is 35.8 Å². The molecule has 1 aromatic heterocycles. The Labute approximate surface area is 149 Å². The maximum absolute atomic E-state index is 11.4. The average Bonchev–Trinajstić information content (AvgIpc) is 2.67. The summed E-state index contributed by atoms with van der Waals surface area (Å²) >= 11 is 0. The van der Waals surface area contributed by atoms with Gasteiger partial charge < -0.3 is 9.64 Å². The quantitative estimate of drug-likeness (QED) is 0.783. The molecule has 2 aromatic rings. The number of carbonyl (C=O) groups is 1. The van der Waals surface area contributed by atoms with Gasteiger partial charge in [0.05, 0.1) is 7.11 Å². The van der Waals surface area contributed by atoms with Crippen LogP contribution in [-0.2, 0) is 0 Å². The van der Waals surface area contributed by atoms with Gasteiger partial charge in [-0.2, -0.15) is 0 Å². The number of nitrogens with zero attached hydrogens (tertiary/aromatic N) is 3. The first-order chi connectivity index (χ1) is 12.1. The Balaban J connectivity index is 1.62. The largest absolute Gasteiger partial charge is 0.497 e. The molecule has 0 radical (unpaired) electrons. The Hall–Kier alpha value is -2.40. The van der Waals surface area contributed by atoms with E-state index in [9.17, 15) is 4.79 Å². The van der Waals surface area contributed by atoms with Gasteiger partial charge in [-0.1, -0.05) is 12.1 Å². The van der Waals surface area contributed by atoms with Gasteiger partial charge in [0.15, 0.2) is 5.78 Å². The molecule has 0 saturated carbocycles. The summed E-state index contributed by atoms with van der Waals surface area (Å²) in [5.74, 6) is 1.90. The average molecular weight is 339 g/mol. The first-order valence-corrected chi connectivity index (χ1v) is 8.68. The summed E-state index contributed by atoms with van der Waals surface area (Å²) in [6.07, 6.45) is 1.67. The number of anilines is 1. The fraction of sp³-hybridized carbons (Fsp3) is 0.400. The Morgan fingerprint density at radius 3 is 2.52 bits per heavy atom. The molecule has 1 aromatic carbocycles. The van der Waals surface area contributed by atoms with Crippen LogP contribution in [0.3, 0.4) is 0 Å². The summed E-state index contributed by atoms with van der Waals surface area (Å²) < 4.78 is 5.33. The van der Waals surface area contributed by atoms with Gasteiger partial charge in [0.2, 0.25) is 0 Å². The normalized spacial score (nSPS) is 16.5. The highest BCUT2D eigenvalue weighted by Crippen LogP contribution is 2.25. The fourth-order valence-electron chi connectivity index (χ4n) is 3.23. The van der Waals surface area contributed by atoms with E-state index in [0.29, 0.717) is 11.6 Å². The highest BCUT2D eigenvalue weighted by atomic mass is 16.5. The summed E-state index contributed by atoms with van der Waals surface area (Å²) in [6.45, 7) is 7.63. The number of aromatic nitrogens is 1. The monoisotopic (exact) mass is 339 g/mol. The van der Waals surface area contributed by atoms with Gasteiger partial charge in [0, 0.05) is 44.0 Å². The van der Waals surface area contributed by atoms with E-state index in [1.165, 1.54) is 5.56 Å². The molecule has 1 saturated heterocycles. The van der Waals surface area contributed by atoms with Crippen LogP contribution in [-0.4, -0.2) is 49.0 Å². The molecule has 0 bridgehead atoms. The molecule has 0 N–H and O–H groups in total. The number of ether oxygens (including phenoxy) is 1. The van der Waals surface area contributed by atoms with Crippen molar-refractivity contribution in [1.82, 2.24) is 9.88 Å². The molecular weight excluding hydrogens is 314 g/mol. The lowest BCUT2D eigenvalue weighted by Gasteiger charge is -2.38. The van der Waals surface area contributed by atoms with E-state index in [0.717, 1.165) is 37.7 Å². The molecule has 0 spiro atoms. The molecule has 1 atom stereocenters. The van der Waals surface area contributed by atoms with Crippen LogP contribution < -0.4 is 9.64 Å². The number of piperazine rings is 1. The molecule has 0 amide bonds. The van der Waals surface area contributed by atoms with Gasteiger partial charge in [-0.25, -0.2) is 4.98 Å². The van der Waals surface area contributed by atoms with Gasteiger partial charge in [-0.3, -0.25) is 9.69 Å². The van der Waals surface area contributed by atoms with E-state index in [-0.39, 0.29) is 5.78 Å². The maximum atomic E-state index is 11.4. The minimum absolute atomic E-state index is 0.0518. The van der Waals surface area contributed by atoms with Crippen molar-refractivity contribution < 1.29 is 9.53 Å². The number of hydrogen-bond acceptors (Lipinski definition) is 5. The highest BCUT2D eigenvalue weighted by molar-refractivity contribution is 5.93. The number of benzene rings is 1. The van der Waals surface area contributed by atoms with Crippen LogP contribution in [0.5, 0.6) is 5.75 Å². The fourth-order valence-corrected chi connectivity index (χ4v) is 3.23. The van der Waals surface area contributed by atoms with Crippen molar-refractivity contribution in [2.45, 2.75) is 19.9 Å². The van der Waals surface area contributed by atoms with E-state index in [2.05, 4.69) is 33.8 Å². The zero-order valence-electron chi connectivity index (χ0n) is 15.1. The molecule has 25 heavy (non-hydrogen) atoms. The summed E-state index contributed by atoms with van der Waals surface area (Å²) in [7, 11) is 1.70. The van der Waals surface area contributed by atoms with E-state index < -0.39 is 0 Å².